The average Bonchev–Trinajstić information content (AvgIpc) is 3.38. The van der Waals surface area contributed by atoms with E-state index in [1.807, 2.05) is 0 Å². The summed E-state index contributed by atoms with van der Waals surface area (Å²) >= 11 is 0. The lowest BCUT2D eigenvalue weighted by Gasteiger charge is -2.44. The normalized spacial score (nSPS) is 16.1. The molecule has 1 unspecified atom stereocenters. The Kier molecular flexibility index (Phi) is 4.78. The summed E-state index contributed by atoms with van der Waals surface area (Å²) in [5.74, 6) is -1.95. The summed E-state index contributed by atoms with van der Waals surface area (Å²) in [5, 5.41) is 65.1. The lowest BCUT2D eigenvalue weighted by atomic mass is 9.78. The molecule has 212 valence electrons. The molecular formula is C34H22O9. The van der Waals surface area contributed by atoms with Crippen molar-refractivity contribution in [3.05, 3.63) is 95.6 Å². The van der Waals surface area contributed by atoms with Crippen LogP contribution in [0, 0.1) is 6.92 Å². The van der Waals surface area contributed by atoms with E-state index in [4.69, 9.17) is 13.9 Å². The summed E-state index contributed by atoms with van der Waals surface area (Å²) in [6, 6.07) is 19.9. The third kappa shape index (κ3) is 3.39. The molecule has 6 N–H and O–H groups in total. The van der Waals surface area contributed by atoms with Crippen LogP contribution in [0.5, 0.6) is 46.0 Å². The highest BCUT2D eigenvalue weighted by atomic mass is 16.7. The molecule has 43 heavy (non-hydrogen) atoms. The number of hydrogen-bond donors (Lipinski definition) is 6. The molecule has 9 nitrogen and oxygen atoms in total. The quantitative estimate of drug-likeness (QED) is 0.129. The van der Waals surface area contributed by atoms with Crippen LogP contribution in [0.1, 0.15) is 16.7 Å². The predicted octanol–water partition coefficient (Wildman–Crippen LogP) is 6.96. The SMILES string of the molecule is Cc1cc2c3c(c1O)-c1ccc(O)cc1OC3(c1ccc(O)cc1O)Oc1cc(-c3cc4ccc(O)cc4o3)cc(O)c1-2. The molecular weight excluding hydrogens is 552 g/mol. The fourth-order valence-corrected chi connectivity index (χ4v) is 6.14. The van der Waals surface area contributed by atoms with Crippen molar-refractivity contribution in [1.29, 1.82) is 0 Å². The Bertz CT molecular complexity index is 2180. The Morgan fingerprint density at radius 2 is 1.33 bits per heavy atom. The van der Waals surface area contributed by atoms with Gasteiger partial charge in [-0.25, -0.2) is 0 Å². The van der Waals surface area contributed by atoms with Gasteiger partial charge in [0.05, 0.1) is 16.7 Å². The van der Waals surface area contributed by atoms with Gasteiger partial charge in [0.25, 0.3) is 0 Å². The van der Waals surface area contributed by atoms with Crippen LogP contribution < -0.4 is 9.47 Å². The van der Waals surface area contributed by atoms with E-state index in [-0.39, 0.29) is 51.6 Å². The van der Waals surface area contributed by atoms with Crippen LogP contribution in [0.4, 0.5) is 0 Å². The van der Waals surface area contributed by atoms with E-state index in [2.05, 4.69) is 0 Å². The van der Waals surface area contributed by atoms with E-state index in [1.165, 1.54) is 36.4 Å². The van der Waals surface area contributed by atoms with Crippen LogP contribution in [0.25, 0.3) is 44.5 Å². The van der Waals surface area contributed by atoms with Crippen LogP contribution in [0.15, 0.2) is 83.3 Å². The number of aromatic hydroxyl groups is 6. The molecule has 0 saturated heterocycles. The Labute approximate surface area is 243 Å². The fourth-order valence-electron chi connectivity index (χ4n) is 6.14. The summed E-state index contributed by atoms with van der Waals surface area (Å²) in [6.45, 7) is 1.73. The van der Waals surface area contributed by atoms with Crippen molar-refractivity contribution in [2.45, 2.75) is 12.7 Å². The standard InChI is InChI=1S/C34H22O9/c1-15-8-22-30-25(39)9-17(26-10-16-2-3-19(36)13-27(16)41-26)11-29(30)43-34(23-7-5-18(35)12-24(23)38)32(22)31(33(15)40)21-6-4-20(37)14-28(21)42-34/h2-14,35-40H,1H3. The van der Waals surface area contributed by atoms with Gasteiger partial charge in [0, 0.05) is 45.8 Å². The molecule has 1 atom stereocenters. The largest absolute Gasteiger partial charge is 0.508 e. The molecule has 0 radical (unpaired) electrons. The molecule has 6 aromatic rings. The van der Waals surface area contributed by atoms with E-state index >= 15 is 0 Å². The smallest absolute Gasteiger partial charge is 0.310 e. The first kappa shape index (κ1) is 24.8. The second kappa shape index (κ2) is 8.29. The summed E-state index contributed by atoms with van der Waals surface area (Å²) < 4.78 is 19.2. The second-order valence-electron chi connectivity index (χ2n) is 10.7. The Balaban J connectivity index is 1.46. The van der Waals surface area contributed by atoms with Crippen LogP contribution in [-0.4, -0.2) is 30.6 Å². The topological polar surface area (TPSA) is 153 Å². The first-order chi connectivity index (χ1) is 20.6. The van der Waals surface area contributed by atoms with Gasteiger partial charge in [-0.3, -0.25) is 0 Å². The molecule has 0 amide bonds. The number of aryl methyl sites for hydroxylation is 1. The molecule has 0 fully saturated rings. The minimum absolute atomic E-state index is 0.0486. The number of fused-ring (bicyclic) bond motifs is 5. The fraction of sp³-hybridized carbons (Fsp3) is 0.0588. The van der Waals surface area contributed by atoms with Gasteiger partial charge in [-0.2, -0.15) is 0 Å². The van der Waals surface area contributed by atoms with Gasteiger partial charge in [-0.1, -0.05) is 0 Å². The molecule has 3 heterocycles. The molecule has 0 spiro atoms. The first-order valence-corrected chi connectivity index (χ1v) is 13.3. The van der Waals surface area contributed by atoms with Crippen molar-refractivity contribution in [3.8, 4) is 79.6 Å². The average molecular weight is 575 g/mol. The van der Waals surface area contributed by atoms with Gasteiger partial charge in [-0.15, -0.1) is 0 Å². The number of phenols is 6. The first-order valence-electron chi connectivity index (χ1n) is 13.3. The van der Waals surface area contributed by atoms with Gasteiger partial charge in [0.15, 0.2) is 0 Å². The van der Waals surface area contributed by atoms with Gasteiger partial charge < -0.3 is 44.5 Å². The summed E-state index contributed by atoms with van der Waals surface area (Å²) in [4.78, 5) is 0. The number of rotatable bonds is 2. The number of furan rings is 1. The van der Waals surface area contributed by atoms with Crippen LogP contribution in [-0.2, 0) is 5.79 Å². The zero-order chi connectivity index (χ0) is 29.8. The number of phenolic OH excluding ortho intramolecular Hbond substituents is 6. The van der Waals surface area contributed by atoms with E-state index in [9.17, 15) is 30.6 Å². The molecule has 0 aliphatic carbocycles. The summed E-state index contributed by atoms with van der Waals surface area (Å²) in [5.41, 5.74) is 3.48. The van der Waals surface area contributed by atoms with Gasteiger partial charge in [0.1, 0.15) is 57.3 Å². The Morgan fingerprint density at radius 1 is 0.605 bits per heavy atom. The maximum absolute atomic E-state index is 11.5. The third-order valence-electron chi connectivity index (χ3n) is 8.04. The molecule has 9 heteroatoms. The summed E-state index contributed by atoms with van der Waals surface area (Å²) in [6.07, 6.45) is 0. The molecule has 1 aromatic heterocycles. The molecule has 5 aromatic carbocycles. The Morgan fingerprint density at radius 3 is 2.14 bits per heavy atom. The van der Waals surface area contributed by atoms with Crippen molar-refractivity contribution in [3.63, 3.8) is 0 Å². The van der Waals surface area contributed by atoms with Crippen molar-refractivity contribution in [2.75, 3.05) is 0 Å². The lowest BCUT2D eigenvalue weighted by molar-refractivity contribution is -0.0894. The number of hydrogen-bond acceptors (Lipinski definition) is 9. The zero-order valence-electron chi connectivity index (χ0n) is 22.4. The highest BCUT2D eigenvalue weighted by Gasteiger charge is 2.53. The molecule has 8 rings (SSSR count). The van der Waals surface area contributed by atoms with Crippen molar-refractivity contribution < 1.29 is 44.5 Å². The maximum atomic E-state index is 11.5. The Hall–Kier alpha value is -5.96. The number of ether oxygens (including phenoxy) is 2. The zero-order valence-corrected chi connectivity index (χ0v) is 22.4. The molecule has 2 aliphatic heterocycles. The van der Waals surface area contributed by atoms with E-state index < -0.39 is 5.79 Å². The predicted molar refractivity (Wildman–Crippen MR) is 156 cm³/mol. The maximum Gasteiger partial charge on any atom is 0.310 e. The van der Waals surface area contributed by atoms with Gasteiger partial charge in [-0.05, 0) is 73.2 Å². The monoisotopic (exact) mass is 574 g/mol. The van der Waals surface area contributed by atoms with Gasteiger partial charge in [0.2, 0.25) is 0 Å². The van der Waals surface area contributed by atoms with E-state index in [0.29, 0.717) is 50.3 Å². The van der Waals surface area contributed by atoms with E-state index in [0.717, 1.165) is 11.5 Å². The van der Waals surface area contributed by atoms with Gasteiger partial charge >= 0.3 is 5.79 Å². The lowest BCUT2D eigenvalue weighted by Crippen LogP contribution is -2.45. The highest BCUT2D eigenvalue weighted by Crippen LogP contribution is 2.62. The molecule has 0 bridgehead atoms. The van der Waals surface area contributed by atoms with Crippen molar-refractivity contribution >= 4 is 11.0 Å². The molecule has 0 saturated carbocycles. The summed E-state index contributed by atoms with van der Waals surface area (Å²) in [7, 11) is 0. The highest BCUT2D eigenvalue weighted by molar-refractivity contribution is 5.95. The van der Waals surface area contributed by atoms with Crippen LogP contribution >= 0.6 is 0 Å². The third-order valence-corrected chi connectivity index (χ3v) is 8.04. The van der Waals surface area contributed by atoms with E-state index in [1.54, 1.807) is 43.3 Å². The van der Waals surface area contributed by atoms with Crippen molar-refractivity contribution in [2.24, 2.45) is 0 Å². The molecule has 2 aliphatic rings. The van der Waals surface area contributed by atoms with Crippen molar-refractivity contribution in [1.82, 2.24) is 0 Å². The number of benzene rings is 5. The minimum Gasteiger partial charge on any atom is -0.508 e. The minimum atomic E-state index is -1.92. The van der Waals surface area contributed by atoms with Crippen LogP contribution in [0.3, 0.4) is 0 Å². The van der Waals surface area contributed by atoms with Crippen LogP contribution in [0.2, 0.25) is 0 Å². The second-order valence-corrected chi connectivity index (χ2v) is 10.7.